The fourth-order valence-corrected chi connectivity index (χ4v) is 3.96. The molecule has 1 aromatic rings. The van der Waals surface area contributed by atoms with Crippen LogP contribution in [0.25, 0.3) is 0 Å². The van der Waals surface area contributed by atoms with E-state index in [1.54, 1.807) is 12.1 Å². The predicted octanol–water partition coefficient (Wildman–Crippen LogP) is 4.08. The Morgan fingerprint density at radius 1 is 1.16 bits per heavy atom. The summed E-state index contributed by atoms with van der Waals surface area (Å²) in [6.07, 6.45) is -3.48. The van der Waals surface area contributed by atoms with Crippen molar-refractivity contribution in [2.45, 2.75) is 75.5 Å². The quantitative estimate of drug-likeness (QED) is 0.507. The van der Waals surface area contributed by atoms with E-state index in [9.17, 15) is 31.5 Å². The maximum atomic E-state index is 13.3. The number of anilines is 1. The summed E-state index contributed by atoms with van der Waals surface area (Å²) in [5, 5.41) is 5.24. The molecule has 2 amide bonds. The molecule has 2 fully saturated rings. The lowest BCUT2D eigenvalue weighted by atomic mass is 9.82. The zero-order chi connectivity index (χ0) is 23.5. The first-order chi connectivity index (χ1) is 14.9. The number of halogens is 5. The van der Waals surface area contributed by atoms with Gasteiger partial charge in [-0.05, 0) is 55.2 Å². The van der Waals surface area contributed by atoms with Crippen LogP contribution in [-0.4, -0.2) is 34.9 Å². The Labute approximate surface area is 182 Å². The molecule has 0 saturated heterocycles. The predicted molar refractivity (Wildman–Crippen MR) is 107 cm³/mol. The van der Waals surface area contributed by atoms with Crippen LogP contribution in [0.3, 0.4) is 0 Å². The number of nitrogens with one attached hydrogen (secondary N) is 2. The van der Waals surface area contributed by atoms with Crippen LogP contribution in [-0.2, 0) is 9.59 Å². The molecule has 32 heavy (non-hydrogen) atoms. The van der Waals surface area contributed by atoms with Crippen LogP contribution in [0.2, 0.25) is 0 Å². The second-order valence-corrected chi connectivity index (χ2v) is 8.68. The number of nitrogens with two attached hydrogens (primary N) is 1. The van der Waals surface area contributed by atoms with Crippen molar-refractivity contribution in [2.75, 3.05) is 5.32 Å². The number of hydrogen-bond acceptors (Lipinski definition) is 4. The van der Waals surface area contributed by atoms with Crippen LogP contribution in [0, 0.1) is 11.8 Å². The van der Waals surface area contributed by atoms with E-state index in [2.05, 4.69) is 15.6 Å². The van der Waals surface area contributed by atoms with E-state index < -0.39 is 48.8 Å². The van der Waals surface area contributed by atoms with Gasteiger partial charge < -0.3 is 16.4 Å². The molecule has 1 aromatic heterocycles. The fourth-order valence-electron chi connectivity index (χ4n) is 3.96. The molecule has 6 nitrogen and oxygen atoms in total. The molecule has 0 aliphatic heterocycles. The number of nitrogens with zero attached hydrogens (tertiary/aromatic N) is 1. The molecule has 3 rings (SSSR count). The van der Waals surface area contributed by atoms with Crippen LogP contribution >= 0.6 is 0 Å². The highest BCUT2D eigenvalue weighted by Crippen LogP contribution is 2.41. The van der Waals surface area contributed by atoms with Crippen LogP contribution in [0.1, 0.15) is 63.0 Å². The molecule has 2 saturated carbocycles. The maximum Gasteiger partial charge on any atom is 0.389 e. The average molecular weight is 462 g/mol. The van der Waals surface area contributed by atoms with Crippen LogP contribution in [0.15, 0.2) is 18.3 Å². The highest BCUT2D eigenvalue weighted by atomic mass is 19.4. The molecule has 2 unspecified atom stereocenters. The summed E-state index contributed by atoms with van der Waals surface area (Å²) in [5.41, 5.74) is 6.60. The lowest BCUT2D eigenvalue weighted by Gasteiger charge is -2.31. The number of amides is 2. The summed E-state index contributed by atoms with van der Waals surface area (Å²) in [4.78, 5) is 28.6. The second kappa shape index (κ2) is 9.68. The number of rotatable bonds is 8. The Morgan fingerprint density at radius 2 is 1.81 bits per heavy atom. The molecular weight excluding hydrogens is 435 g/mol. The van der Waals surface area contributed by atoms with Crippen LogP contribution < -0.4 is 16.4 Å². The molecule has 11 heteroatoms. The van der Waals surface area contributed by atoms with Gasteiger partial charge in [0.05, 0.1) is 18.5 Å². The Balaban J connectivity index is 1.60. The standard InChI is InChI=1S/C21H27F5N4O2/c22-20(23)7-3-12(4-8-20)17(27)19(32)29-15-11-14(6-10-28-15)18(13-1-2-13)30-16(31)5-9-21(24,25)26/h6,10-13,17-18H,1-5,7-9,27H2,(H,30,31)(H,28,29,32). The Morgan fingerprint density at radius 3 is 2.41 bits per heavy atom. The zero-order valence-electron chi connectivity index (χ0n) is 17.4. The van der Waals surface area contributed by atoms with Gasteiger partial charge >= 0.3 is 6.18 Å². The molecule has 2 aliphatic carbocycles. The fraction of sp³-hybridized carbons (Fsp3) is 0.667. The molecule has 0 aromatic carbocycles. The van der Waals surface area contributed by atoms with Gasteiger partial charge in [-0.25, -0.2) is 13.8 Å². The lowest BCUT2D eigenvalue weighted by Crippen LogP contribution is -2.44. The van der Waals surface area contributed by atoms with Crippen molar-refractivity contribution in [1.82, 2.24) is 10.3 Å². The SMILES string of the molecule is NC(C(=O)Nc1cc(C(NC(=O)CCC(F)(F)F)C2CC2)ccn1)C1CCC(F)(F)CC1. The summed E-state index contributed by atoms with van der Waals surface area (Å²) in [5.74, 6) is -4.03. The molecule has 2 aliphatic rings. The third-order valence-corrected chi connectivity index (χ3v) is 6.01. The summed E-state index contributed by atoms with van der Waals surface area (Å²) in [7, 11) is 0. The van der Waals surface area contributed by atoms with Crippen molar-refractivity contribution in [1.29, 1.82) is 0 Å². The molecular formula is C21H27F5N4O2. The molecule has 1 heterocycles. The van der Waals surface area contributed by atoms with Gasteiger partial charge in [0.2, 0.25) is 17.7 Å². The average Bonchev–Trinajstić information content (AvgIpc) is 3.55. The Kier molecular flexibility index (Phi) is 7.36. The van der Waals surface area contributed by atoms with Gasteiger partial charge in [0.15, 0.2) is 0 Å². The molecule has 4 N–H and O–H groups in total. The first-order valence-corrected chi connectivity index (χ1v) is 10.7. The number of carbonyl (C=O) groups is 2. The minimum atomic E-state index is -4.41. The molecule has 2 atom stereocenters. The van der Waals surface area contributed by atoms with Gasteiger partial charge in [0, 0.05) is 25.5 Å². The van der Waals surface area contributed by atoms with E-state index in [0.717, 1.165) is 12.8 Å². The Hall–Kier alpha value is -2.30. The van der Waals surface area contributed by atoms with Crippen LogP contribution in [0.5, 0.6) is 0 Å². The summed E-state index contributed by atoms with van der Waals surface area (Å²) >= 11 is 0. The highest BCUT2D eigenvalue weighted by Gasteiger charge is 2.39. The Bertz CT molecular complexity index is 819. The zero-order valence-corrected chi connectivity index (χ0v) is 17.4. The van der Waals surface area contributed by atoms with Crippen molar-refractivity contribution in [2.24, 2.45) is 17.6 Å². The maximum absolute atomic E-state index is 13.3. The number of carbonyl (C=O) groups excluding carboxylic acids is 2. The minimum Gasteiger partial charge on any atom is -0.349 e. The molecule has 0 radical (unpaired) electrons. The third kappa shape index (κ3) is 7.11. The van der Waals surface area contributed by atoms with Crippen molar-refractivity contribution in [3.8, 4) is 0 Å². The molecule has 0 spiro atoms. The van der Waals surface area contributed by atoms with Gasteiger partial charge in [-0.1, -0.05) is 0 Å². The topological polar surface area (TPSA) is 97.1 Å². The highest BCUT2D eigenvalue weighted by molar-refractivity contribution is 5.94. The lowest BCUT2D eigenvalue weighted by molar-refractivity contribution is -0.144. The van der Waals surface area contributed by atoms with E-state index in [4.69, 9.17) is 5.73 Å². The third-order valence-electron chi connectivity index (χ3n) is 6.01. The van der Waals surface area contributed by atoms with E-state index >= 15 is 0 Å². The van der Waals surface area contributed by atoms with Crippen molar-refractivity contribution < 1.29 is 31.5 Å². The van der Waals surface area contributed by atoms with Gasteiger partial charge in [-0.2, -0.15) is 13.2 Å². The summed E-state index contributed by atoms with van der Waals surface area (Å²) in [6.45, 7) is 0. The van der Waals surface area contributed by atoms with Crippen molar-refractivity contribution >= 4 is 17.6 Å². The van der Waals surface area contributed by atoms with Gasteiger partial charge in [0.1, 0.15) is 5.82 Å². The number of aromatic nitrogens is 1. The first kappa shape index (κ1) is 24.3. The first-order valence-electron chi connectivity index (χ1n) is 10.7. The second-order valence-electron chi connectivity index (χ2n) is 8.68. The smallest absolute Gasteiger partial charge is 0.349 e. The number of hydrogen-bond donors (Lipinski definition) is 3. The van der Waals surface area contributed by atoms with Crippen molar-refractivity contribution in [3.63, 3.8) is 0 Å². The minimum absolute atomic E-state index is 0.0990. The molecule has 178 valence electrons. The van der Waals surface area contributed by atoms with E-state index in [1.807, 2.05) is 0 Å². The number of pyridine rings is 1. The van der Waals surface area contributed by atoms with Gasteiger partial charge in [0.25, 0.3) is 0 Å². The van der Waals surface area contributed by atoms with Crippen molar-refractivity contribution in [3.05, 3.63) is 23.9 Å². The van der Waals surface area contributed by atoms with Crippen LogP contribution in [0.4, 0.5) is 27.8 Å². The van der Waals surface area contributed by atoms with E-state index in [-0.39, 0.29) is 43.3 Å². The number of alkyl halides is 5. The summed E-state index contributed by atoms with van der Waals surface area (Å²) < 4.78 is 63.8. The van der Waals surface area contributed by atoms with Gasteiger partial charge in [-0.3, -0.25) is 9.59 Å². The molecule has 0 bridgehead atoms. The summed E-state index contributed by atoms with van der Waals surface area (Å²) in [6, 6.07) is 1.74. The van der Waals surface area contributed by atoms with E-state index in [1.165, 1.54) is 6.20 Å². The van der Waals surface area contributed by atoms with E-state index in [0.29, 0.717) is 5.56 Å². The monoisotopic (exact) mass is 462 g/mol. The largest absolute Gasteiger partial charge is 0.389 e. The normalized spacial score (nSPS) is 20.9. The van der Waals surface area contributed by atoms with Gasteiger partial charge in [-0.15, -0.1) is 0 Å².